The van der Waals surface area contributed by atoms with Crippen molar-refractivity contribution in [2.75, 3.05) is 10.6 Å². The normalized spacial score (nSPS) is 10.4. The van der Waals surface area contributed by atoms with Gasteiger partial charge in [-0.25, -0.2) is 9.97 Å². The van der Waals surface area contributed by atoms with Crippen LogP contribution in [0.2, 0.25) is 0 Å². The van der Waals surface area contributed by atoms with Crippen LogP contribution in [-0.2, 0) is 6.54 Å². The molecule has 0 atom stereocenters. The summed E-state index contributed by atoms with van der Waals surface area (Å²) in [6, 6.07) is 10.8. The Labute approximate surface area is 145 Å². The summed E-state index contributed by atoms with van der Waals surface area (Å²) < 4.78 is 5.97. The summed E-state index contributed by atoms with van der Waals surface area (Å²) in [5, 5.41) is 17.3. The van der Waals surface area contributed by atoms with Gasteiger partial charge in [0.05, 0.1) is 23.4 Å². The maximum Gasteiger partial charge on any atom is 0.353 e. The van der Waals surface area contributed by atoms with Crippen LogP contribution in [0.25, 0.3) is 0 Å². The predicted molar refractivity (Wildman–Crippen MR) is 92.1 cm³/mol. The van der Waals surface area contributed by atoms with Gasteiger partial charge in [0.2, 0.25) is 11.6 Å². The number of nitro groups is 1. The minimum absolute atomic E-state index is 0.101. The first kappa shape index (κ1) is 15.9. The van der Waals surface area contributed by atoms with Gasteiger partial charge in [0.1, 0.15) is 12.1 Å². The van der Waals surface area contributed by atoms with Crippen LogP contribution in [-0.4, -0.2) is 14.9 Å². The van der Waals surface area contributed by atoms with Gasteiger partial charge in [-0.2, -0.15) is 0 Å². The van der Waals surface area contributed by atoms with Gasteiger partial charge >= 0.3 is 5.69 Å². The van der Waals surface area contributed by atoms with Crippen molar-refractivity contribution >= 4 is 38.9 Å². The van der Waals surface area contributed by atoms with Crippen LogP contribution in [0.3, 0.4) is 0 Å². The van der Waals surface area contributed by atoms with E-state index in [1.54, 1.807) is 18.2 Å². The number of nitrogens with one attached hydrogen (secondary N) is 2. The molecule has 0 aliphatic carbocycles. The van der Waals surface area contributed by atoms with Crippen LogP contribution in [0.15, 0.2) is 57.9 Å². The van der Waals surface area contributed by atoms with Crippen LogP contribution < -0.4 is 10.6 Å². The zero-order chi connectivity index (χ0) is 16.9. The molecule has 0 saturated carbocycles. The Balaban J connectivity index is 1.90. The molecule has 0 aliphatic rings. The molecule has 0 fully saturated rings. The molecular weight excluding hydrogens is 378 g/mol. The summed E-state index contributed by atoms with van der Waals surface area (Å²) in [6.45, 7) is 0.277. The first-order valence-corrected chi connectivity index (χ1v) is 7.71. The van der Waals surface area contributed by atoms with Crippen LogP contribution in [0.5, 0.6) is 0 Å². The topological polar surface area (TPSA) is 106 Å². The molecule has 0 unspecified atom stereocenters. The maximum atomic E-state index is 11.5. The van der Waals surface area contributed by atoms with E-state index in [0.29, 0.717) is 11.4 Å². The maximum absolute atomic E-state index is 11.5. The number of para-hydroxylation sites is 1. The number of hydrogen-bond acceptors (Lipinski definition) is 7. The van der Waals surface area contributed by atoms with Crippen LogP contribution in [0.1, 0.15) is 5.76 Å². The van der Waals surface area contributed by atoms with E-state index in [4.69, 9.17) is 4.42 Å². The number of halogens is 1. The smallest absolute Gasteiger partial charge is 0.353 e. The highest BCUT2D eigenvalue weighted by atomic mass is 79.9. The molecule has 0 amide bonds. The van der Waals surface area contributed by atoms with Crippen LogP contribution in [0.4, 0.5) is 23.0 Å². The first-order chi connectivity index (χ1) is 11.6. The quantitative estimate of drug-likeness (QED) is 0.482. The van der Waals surface area contributed by atoms with E-state index in [1.165, 1.54) is 12.6 Å². The summed E-state index contributed by atoms with van der Waals surface area (Å²) in [5.74, 6) is 0.855. The average Bonchev–Trinajstić information content (AvgIpc) is 3.08. The van der Waals surface area contributed by atoms with Gasteiger partial charge < -0.3 is 15.1 Å². The van der Waals surface area contributed by atoms with Gasteiger partial charge in [0.15, 0.2) is 0 Å². The second kappa shape index (κ2) is 7.09. The van der Waals surface area contributed by atoms with Crippen molar-refractivity contribution in [2.45, 2.75) is 6.54 Å². The largest absolute Gasteiger partial charge is 0.467 e. The monoisotopic (exact) mass is 389 g/mol. The second-order valence-electron chi connectivity index (χ2n) is 4.71. The lowest BCUT2D eigenvalue weighted by Crippen LogP contribution is -2.08. The number of aromatic nitrogens is 2. The van der Waals surface area contributed by atoms with Gasteiger partial charge in [0, 0.05) is 4.47 Å². The Hall–Kier alpha value is -2.94. The highest BCUT2D eigenvalue weighted by Crippen LogP contribution is 2.33. The predicted octanol–water partition coefficient (Wildman–Crippen LogP) is 4.10. The lowest BCUT2D eigenvalue weighted by atomic mass is 10.3. The van der Waals surface area contributed by atoms with Gasteiger partial charge in [0.25, 0.3) is 0 Å². The molecule has 3 aromatic rings. The molecule has 2 N–H and O–H groups in total. The minimum atomic E-state index is -0.524. The Morgan fingerprint density at radius 1 is 1.17 bits per heavy atom. The minimum Gasteiger partial charge on any atom is -0.467 e. The second-order valence-corrected chi connectivity index (χ2v) is 5.57. The molecule has 3 rings (SSSR count). The van der Waals surface area contributed by atoms with Crippen molar-refractivity contribution in [1.82, 2.24) is 9.97 Å². The van der Waals surface area contributed by atoms with Crippen molar-refractivity contribution in [3.8, 4) is 0 Å². The van der Waals surface area contributed by atoms with Crippen LogP contribution in [0, 0.1) is 10.1 Å². The van der Waals surface area contributed by atoms with E-state index in [-0.39, 0.29) is 23.9 Å². The van der Waals surface area contributed by atoms with E-state index >= 15 is 0 Å². The highest BCUT2D eigenvalue weighted by Gasteiger charge is 2.23. The zero-order valence-electron chi connectivity index (χ0n) is 12.3. The molecule has 0 saturated heterocycles. The molecule has 2 aromatic heterocycles. The number of benzene rings is 1. The van der Waals surface area contributed by atoms with E-state index < -0.39 is 4.92 Å². The van der Waals surface area contributed by atoms with Crippen LogP contribution >= 0.6 is 15.9 Å². The Kier molecular flexibility index (Phi) is 4.71. The van der Waals surface area contributed by atoms with Crippen molar-refractivity contribution in [3.63, 3.8) is 0 Å². The third kappa shape index (κ3) is 3.51. The lowest BCUT2D eigenvalue weighted by Gasteiger charge is -2.10. The fourth-order valence-electron chi connectivity index (χ4n) is 2.05. The Morgan fingerprint density at radius 2 is 1.96 bits per heavy atom. The number of hydrogen-bond donors (Lipinski definition) is 2. The summed E-state index contributed by atoms with van der Waals surface area (Å²) in [7, 11) is 0. The van der Waals surface area contributed by atoms with E-state index in [2.05, 4.69) is 36.5 Å². The third-order valence-electron chi connectivity index (χ3n) is 3.14. The molecule has 0 bridgehead atoms. The highest BCUT2D eigenvalue weighted by molar-refractivity contribution is 9.10. The molecule has 0 aliphatic heterocycles. The van der Waals surface area contributed by atoms with Gasteiger partial charge in [-0.1, -0.05) is 12.1 Å². The van der Waals surface area contributed by atoms with E-state index in [1.807, 2.05) is 18.2 Å². The number of nitrogens with zero attached hydrogens (tertiary/aromatic N) is 3. The molecular formula is C15H12BrN5O3. The SMILES string of the molecule is O=[N+]([O-])c1c(NCc2ccco2)ncnc1Nc1ccccc1Br. The summed E-state index contributed by atoms with van der Waals surface area (Å²) in [6.07, 6.45) is 2.79. The molecule has 1 aromatic carbocycles. The summed E-state index contributed by atoms with van der Waals surface area (Å²) in [4.78, 5) is 18.9. The standard InChI is InChI=1S/C15H12BrN5O3/c16-11-5-1-2-6-12(11)20-15-13(21(22)23)14(18-9-19-15)17-8-10-4-3-7-24-10/h1-7,9H,8H2,(H2,17,18,19,20). The Morgan fingerprint density at radius 3 is 2.67 bits per heavy atom. The van der Waals surface area contributed by atoms with Crippen molar-refractivity contribution < 1.29 is 9.34 Å². The van der Waals surface area contributed by atoms with Crippen molar-refractivity contribution in [3.05, 3.63) is 69.3 Å². The molecule has 0 spiro atoms. The van der Waals surface area contributed by atoms with Gasteiger partial charge in [-0.3, -0.25) is 10.1 Å². The summed E-state index contributed by atoms with van der Waals surface area (Å²) >= 11 is 3.39. The molecule has 24 heavy (non-hydrogen) atoms. The molecule has 8 nitrogen and oxygen atoms in total. The van der Waals surface area contributed by atoms with E-state index in [0.717, 1.165) is 4.47 Å². The van der Waals surface area contributed by atoms with Gasteiger partial charge in [-0.05, 0) is 40.2 Å². The fourth-order valence-corrected chi connectivity index (χ4v) is 2.43. The van der Waals surface area contributed by atoms with Crippen molar-refractivity contribution in [1.29, 1.82) is 0 Å². The third-order valence-corrected chi connectivity index (χ3v) is 3.83. The first-order valence-electron chi connectivity index (χ1n) is 6.92. The lowest BCUT2D eigenvalue weighted by molar-refractivity contribution is -0.383. The Bertz CT molecular complexity index is 854. The fraction of sp³-hybridized carbons (Fsp3) is 0.0667. The number of anilines is 3. The molecule has 122 valence electrons. The van der Waals surface area contributed by atoms with E-state index in [9.17, 15) is 10.1 Å². The number of furan rings is 1. The average molecular weight is 390 g/mol. The zero-order valence-corrected chi connectivity index (χ0v) is 13.9. The summed E-state index contributed by atoms with van der Waals surface area (Å²) in [5.41, 5.74) is 0.427. The molecule has 2 heterocycles. The van der Waals surface area contributed by atoms with Crippen molar-refractivity contribution in [2.24, 2.45) is 0 Å². The molecule has 0 radical (unpaired) electrons. The molecule has 9 heteroatoms. The van der Waals surface area contributed by atoms with Gasteiger partial charge in [-0.15, -0.1) is 0 Å². The number of rotatable bonds is 6.